The highest BCUT2D eigenvalue weighted by atomic mass is 127. The molecule has 0 unspecified atom stereocenters. The van der Waals surface area contributed by atoms with Crippen LogP contribution in [0.15, 0.2) is 29.3 Å². The minimum atomic E-state index is -0.179. The number of nitrogens with zero attached hydrogens (tertiary/aromatic N) is 3. The van der Waals surface area contributed by atoms with Crippen molar-refractivity contribution in [1.29, 1.82) is 0 Å². The maximum atomic E-state index is 13.5. The second-order valence-electron chi connectivity index (χ2n) is 5.94. The number of rotatable bonds is 6. The van der Waals surface area contributed by atoms with Crippen molar-refractivity contribution < 1.29 is 4.39 Å². The Balaban J connectivity index is 0.00000312. The molecule has 1 heterocycles. The molecule has 0 amide bonds. The summed E-state index contributed by atoms with van der Waals surface area (Å²) in [6.07, 6.45) is 0.946. The summed E-state index contributed by atoms with van der Waals surface area (Å²) < 4.78 is 15.6. The quantitative estimate of drug-likeness (QED) is 0.302. The molecule has 0 atom stereocenters. The van der Waals surface area contributed by atoms with Gasteiger partial charge in [-0.3, -0.25) is 9.67 Å². The fourth-order valence-corrected chi connectivity index (χ4v) is 2.49. The van der Waals surface area contributed by atoms with Crippen LogP contribution in [0, 0.1) is 26.6 Å². The van der Waals surface area contributed by atoms with Crippen LogP contribution in [0.3, 0.4) is 0 Å². The number of aliphatic imine (C=N–C) groups is 1. The van der Waals surface area contributed by atoms with Crippen molar-refractivity contribution in [2.24, 2.45) is 4.99 Å². The number of aryl methyl sites for hydroxylation is 4. The van der Waals surface area contributed by atoms with E-state index in [4.69, 9.17) is 0 Å². The predicted molar refractivity (Wildman–Crippen MR) is 111 cm³/mol. The molecule has 0 aliphatic heterocycles. The molecule has 2 aromatic rings. The van der Waals surface area contributed by atoms with E-state index in [1.54, 1.807) is 26.1 Å². The fourth-order valence-electron chi connectivity index (χ4n) is 2.49. The second kappa shape index (κ2) is 10.4. The maximum absolute atomic E-state index is 13.5. The number of hydrogen-bond donors (Lipinski definition) is 2. The van der Waals surface area contributed by atoms with Crippen molar-refractivity contribution in [1.82, 2.24) is 20.4 Å². The maximum Gasteiger partial charge on any atom is 0.191 e. The van der Waals surface area contributed by atoms with Gasteiger partial charge in [-0.05, 0) is 50.5 Å². The summed E-state index contributed by atoms with van der Waals surface area (Å²) in [5, 5.41) is 10.9. The number of guanidine groups is 1. The Kier molecular flexibility index (Phi) is 8.88. The Morgan fingerprint density at radius 3 is 2.56 bits per heavy atom. The summed E-state index contributed by atoms with van der Waals surface area (Å²) in [6.45, 7) is 8.02. The summed E-state index contributed by atoms with van der Waals surface area (Å²) in [4.78, 5) is 4.19. The predicted octanol–water partition coefficient (Wildman–Crippen LogP) is 3.32. The Bertz CT molecular complexity index is 711. The molecule has 0 radical (unpaired) electrons. The molecule has 1 aromatic heterocycles. The van der Waals surface area contributed by atoms with E-state index in [-0.39, 0.29) is 29.8 Å². The highest BCUT2D eigenvalue weighted by molar-refractivity contribution is 14.0. The molecule has 5 nitrogen and oxygen atoms in total. The van der Waals surface area contributed by atoms with Crippen molar-refractivity contribution in [3.63, 3.8) is 0 Å². The van der Waals surface area contributed by atoms with Crippen LogP contribution in [-0.2, 0) is 13.1 Å². The molecule has 0 fully saturated rings. The molecule has 0 spiro atoms. The van der Waals surface area contributed by atoms with E-state index in [9.17, 15) is 4.39 Å². The van der Waals surface area contributed by atoms with E-state index in [1.165, 1.54) is 5.69 Å². The van der Waals surface area contributed by atoms with E-state index in [0.717, 1.165) is 30.8 Å². The van der Waals surface area contributed by atoms with Crippen LogP contribution < -0.4 is 10.6 Å². The van der Waals surface area contributed by atoms with Crippen LogP contribution in [-0.4, -0.2) is 29.3 Å². The number of nitrogens with one attached hydrogen (secondary N) is 2. The van der Waals surface area contributed by atoms with Crippen molar-refractivity contribution in [3.8, 4) is 0 Å². The van der Waals surface area contributed by atoms with Crippen LogP contribution in [0.25, 0.3) is 0 Å². The van der Waals surface area contributed by atoms with E-state index in [0.29, 0.717) is 18.1 Å². The first-order valence-corrected chi connectivity index (χ1v) is 8.20. The largest absolute Gasteiger partial charge is 0.356 e. The molecule has 2 N–H and O–H groups in total. The molecule has 0 bridgehead atoms. The lowest BCUT2D eigenvalue weighted by atomic mass is 10.1. The third-order valence-corrected chi connectivity index (χ3v) is 3.86. The first-order chi connectivity index (χ1) is 11.5. The SMILES string of the molecule is CN=C(NCCCn1nc(C)cc1C)NCc1ccc(C)c(F)c1.I. The van der Waals surface area contributed by atoms with Gasteiger partial charge in [0.2, 0.25) is 0 Å². The lowest BCUT2D eigenvalue weighted by Gasteiger charge is -2.12. The minimum Gasteiger partial charge on any atom is -0.356 e. The Morgan fingerprint density at radius 2 is 1.96 bits per heavy atom. The molecule has 7 heteroatoms. The average molecular weight is 459 g/mol. The van der Waals surface area contributed by atoms with Gasteiger partial charge in [-0.1, -0.05) is 12.1 Å². The molecule has 138 valence electrons. The lowest BCUT2D eigenvalue weighted by Crippen LogP contribution is -2.37. The molecule has 25 heavy (non-hydrogen) atoms. The third-order valence-electron chi connectivity index (χ3n) is 3.86. The van der Waals surface area contributed by atoms with Gasteiger partial charge in [-0.15, -0.1) is 24.0 Å². The van der Waals surface area contributed by atoms with Crippen LogP contribution in [0.2, 0.25) is 0 Å². The van der Waals surface area contributed by atoms with Crippen molar-refractivity contribution in [3.05, 3.63) is 52.6 Å². The molecule has 1 aromatic carbocycles. The lowest BCUT2D eigenvalue weighted by molar-refractivity contribution is 0.555. The smallest absolute Gasteiger partial charge is 0.191 e. The van der Waals surface area contributed by atoms with Crippen LogP contribution in [0.4, 0.5) is 4.39 Å². The van der Waals surface area contributed by atoms with Gasteiger partial charge in [-0.2, -0.15) is 5.10 Å². The topological polar surface area (TPSA) is 54.2 Å². The number of halogens is 2. The summed E-state index contributed by atoms with van der Waals surface area (Å²) in [5.74, 6) is 0.534. The highest BCUT2D eigenvalue weighted by Crippen LogP contribution is 2.08. The van der Waals surface area contributed by atoms with E-state index in [1.807, 2.05) is 17.7 Å². The number of benzene rings is 1. The van der Waals surface area contributed by atoms with Gasteiger partial charge in [0.15, 0.2) is 5.96 Å². The zero-order valence-corrected chi connectivity index (χ0v) is 17.6. The average Bonchev–Trinajstić information content (AvgIpc) is 2.87. The van der Waals surface area contributed by atoms with Gasteiger partial charge in [0.05, 0.1) is 5.69 Å². The summed E-state index contributed by atoms with van der Waals surface area (Å²) in [6, 6.07) is 7.34. The number of aromatic nitrogens is 2. The van der Waals surface area contributed by atoms with Gasteiger partial charge in [0.25, 0.3) is 0 Å². The standard InChI is InChI=1S/C18H26FN5.HI/c1-13-6-7-16(11-17(13)19)12-22-18(20-4)21-8-5-9-24-15(3)10-14(2)23-24;/h6-7,10-11H,5,8-9,12H2,1-4H3,(H2,20,21,22);1H. The van der Waals surface area contributed by atoms with Crippen molar-refractivity contribution >= 4 is 29.9 Å². The molecule has 0 saturated carbocycles. The van der Waals surface area contributed by atoms with Gasteiger partial charge in [-0.25, -0.2) is 4.39 Å². The Labute approximate surface area is 166 Å². The molecule has 0 saturated heterocycles. The van der Waals surface area contributed by atoms with Gasteiger partial charge in [0.1, 0.15) is 5.82 Å². The van der Waals surface area contributed by atoms with E-state index < -0.39 is 0 Å². The minimum absolute atomic E-state index is 0. The van der Waals surface area contributed by atoms with E-state index in [2.05, 4.69) is 33.7 Å². The summed E-state index contributed by atoms with van der Waals surface area (Å²) in [5.41, 5.74) is 3.77. The molecular formula is C18H27FIN5. The zero-order chi connectivity index (χ0) is 17.5. The highest BCUT2D eigenvalue weighted by Gasteiger charge is 2.03. The second-order valence-corrected chi connectivity index (χ2v) is 5.94. The number of hydrogen-bond acceptors (Lipinski definition) is 2. The van der Waals surface area contributed by atoms with Crippen molar-refractivity contribution in [2.45, 2.75) is 40.3 Å². The van der Waals surface area contributed by atoms with Crippen molar-refractivity contribution in [2.75, 3.05) is 13.6 Å². The Hall–Kier alpha value is -1.64. The first kappa shape index (κ1) is 21.4. The third kappa shape index (κ3) is 6.64. The van der Waals surface area contributed by atoms with Crippen LogP contribution in [0.1, 0.15) is 28.9 Å². The first-order valence-electron chi connectivity index (χ1n) is 8.20. The molecular weight excluding hydrogens is 432 g/mol. The summed E-state index contributed by atoms with van der Waals surface area (Å²) in [7, 11) is 1.73. The van der Waals surface area contributed by atoms with Crippen LogP contribution >= 0.6 is 24.0 Å². The normalized spacial score (nSPS) is 11.2. The fraction of sp³-hybridized carbons (Fsp3) is 0.444. The molecule has 0 aliphatic rings. The Morgan fingerprint density at radius 1 is 1.20 bits per heavy atom. The molecule has 2 rings (SSSR count). The monoisotopic (exact) mass is 459 g/mol. The zero-order valence-electron chi connectivity index (χ0n) is 15.3. The summed E-state index contributed by atoms with van der Waals surface area (Å²) >= 11 is 0. The molecule has 0 aliphatic carbocycles. The van der Waals surface area contributed by atoms with Gasteiger partial charge in [0, 0.05) is 32.4 Å². The van der Waals surface area contributed by atoms with E-state index >= 15 is 0 Å². The van der Waals surface area contributed by atoms with Gasteiger partial charge >= 0.3 is 0 Å². The van der Waals surface area contributed by atoms with Crippen LogP contribution in [0.5, 0.6) is 0 Å². The van der Waals surface area contributed by atoms with Gasteiger partial charge < -0.3 is 10.6 Å².